The number of thioether (sulfide) groups is 1. The molecule has 23 heavy (non-hydrogen) atoms. The first-order chi connectivity index (χ1) is 11.0. The number of amides is 1. The van der Waals surface area contributed by atoms with Crippen molar-refractivity contribution in [2.45, 2.75) is 31.3 Å². The van der Waals surface area contributed by atoms with Gasteiger partial charge in [-0.3, -0.25) is 9.69 Å². The summed E-state index contributed by atoms with van der Waals surface area (Å²) in [5, 5.41) is 3.04. The molecule has 1 atom stereocenters. The second kappa shape index (κ2) is 8.18. The van der Waals surface area contributed by atoms with E-state index in [0.717, 1.165) is 17.1 Å². The molecule has 2 rings (SSSR count). The highest BCUT2D eigenvalue weighted by atomic mass is 32.2. The van der Waals surface area contributed by atoms with Crippen LogP contribution in [0.15, 0.2) is 53.4 Å². The van der Waals surface area contributed by atoms with Crippen LogP contribution in [0.3, 0.4) is 0 Å². The molecular weight excluding hydrogens is 304 g/mol. The summed E-state index contributed by atoms with van der Waals surface area (Å²) >= 11 is 1.63. The number of benzene rings is 2. The number of para-hydroxylation sites is 1. The van der Waals surface area contributed by atoms with E-state index in [1.54, 1.807) is 11.8 Å². The van der Waals surface area contributed by atoms with Crippen molar-refractivity contribution in [3.05, 3.63) is 59.7 Å². The van der Waals surface area contributed by atoms with Gasteiger partial charge < -0.3 is 5.32 Å². The van der Waals surface area contributed by atoms with E-state index in [2.05, 4.69) is 41.4 Å². The van der Waals surface area contributed by atoms with Crippen LogP contribution in [0.25, 0.3) is 0 Å². The Labute approximate surface area is 143 Å². The van der Waals surface area contributed by atoms with E-state index in [-0.39, 0.29) is 11.9 Å². The lowest BCUT2D eigenvalue weighted by atomic mass is 10.1. The molecule has 3 nitrogen and oxygen atoms in total. The minimum absolute atomic E-state index is 0.0149. The molecule has 0 unspecified atom stereocenters. The average Bonchev–Trinajstić information content (AvgIpc) is 2.56. The van der Waals surface area contributed by atoms with Gasteiger partial charge in [0.1, 0.15) is 0 Å². The minimum Gasteiger partial charge on any atom is -0.324 e. The standard InChI is InChI=1S/C19H24N2OS/c1-14-9-11-16(12-10-14)13-21(3)15(2)19(22)20-17-7-5-6-8-18(17)23-4/h5-12,15H,13H2,1-4H3,(H,20,22)/t15-/m1/s1. The van der Waals surface area contributed by atoms with Gasteiger partial charge in [0.2, 0.25) is 5.91 Å². The van der Waals surface area contributed by atoms with E-state index in [0.29, 0.717) is 0 Å². The van der Waals surface area contributed by atoms with Crippen LogP contribution in [-0.4, -0.2) is 30.2 Å². The van der Waals surface area contributed by atoms with Gasteiger partial charge in [-0.2, -0.15) is 0 Å². The van der Waals surface area contributed by atoms with Crippen LogP contribution in [0.4, 0.5) is 5.69 Å². The third kappa shape index (κ3) is 4.85. The van der Waals surface area contributed by atoms with Gasteiger partial charge in [-0.1, -0.05) is 42.0 Å². The predicted octanol–water partition coefficient (Wildman–Crippen LogP) is 4.18. The summed E-state index contributed by atoms with van der Waals surface area (Å²) in [6.45, 7) is 4.76. The van der Waals surface area contributed by atoms with Gasteiger partial charge >= 0.3 is 0 Å². The number of carbonyl (C=O) groups excluding carboxylic acids is 1. The summed E-state index contributed by atoms with van der Waals surface area (Å²) in [6, 6.07) is 16.1. The van der Waals surface area contributed by atoms with Gasteiger partial charge in [0.25, 0.3) is 0 Å². The maximum atomic E-state index is 12.5. The van der Waals surface area contributed by atoms with Gasteiger partial charge in [0, 0.05) is 11.4 Å². The Bertz CT molecular complexity index is 655. The molecule has 1 amide bonds. The Hall–Kier alpha value is -1.78. The highest BCUT2D eigenvalue weighted by Crippen LogP contribution is 2.24. The summed E-state index contributed by atoms with van der Waals surface area (Å²) in [5.74, 6) is 0.0149. The maximum absolute atomic E-state index is 12.5. The smallest absolute Gasteiger partial charge is 0.241 e. The predicted molar refractivity (Wildman–Crippen MR) is 99.0 cm³/mol. The second-order valence-corrected chi connectivity index (χ2v) is 6.61. The van der Waals surface area contributed by atoms with Crippen LogP contribution in [0.1, 0.15) is 18.1 Å². The van der Waals surface area contributed by atoms with E-state index < -0.39 is 0 Å². The average molecular weight is 328 g/mol. The molecular formula is C19H24N2OS. The largest absolute Gasteiger partial charge is 0.324 e. The van der Waals surface area contributed by atoms with Crippen molar-refractivity contribution in [1.82, 2.24) is 4.90 Å². The quantitative estimate of drug-likeness (QED) is 0.808. The van der Waals surface area contributed by atoms with Gasteiger partial charge in [-0.25, -0.2) is 0 Å². The fourth-order valence-corrected chi connectivity index (χ4v) is 2.86. The van der Waals surface area contributed by atoms with E-state index in [1.165, 1.54) is 11.1 Å². The van der Waals surface area contributed by atoms with Crippen molar-refractivity contribution >= 4 is 23.4 Å². The highest BCUT2D eigenvalue weighted by Gasteiger charge is 2.19. The van der Waals surface area contributed by atoms with E-state index in [9.17, 15) is 4.79 Å². The lowest BCUT2D eigenvalue weighted by molar-refractivity contribution is -0.120. The Balaban J connectivity index is 1.99. The van der Waals surface area contributed by atoms with Crippen LogP contribution < -0.4 is 5.32 Å². The van der Waals surface area contributed by atoms with Gasteiger partial charge in [0.05, 0.1) is 11.7 Å². The third-order valence-electron chi connectivity index (χ3n) is 3.96. The van der Waals surface area contributed by atoms with E-state index >= 15 is 0 Å². The molecule has 0 aromatic heterocycles. The maximum Gasteiger partial charge on any atom is 0.241 e. The molecule has 2 aromatic rings. The number of nitrogens with zero attached hydrogens (tertiary/aromatic N) is 1. The number of rotatable bonds is 6. The molecule has 0 spiro atoms. The van der Waals surface area contributed by atoms with Gasteiger partial charge in [-0.05, 0) is 44.8 Å². The zero-order valence-electron chi connectivity index (χ0n) is 14.2. The molecule has 0 radical (unpaired) electrons. The Morgan fingerprint density at radius 1 is 1.17 bits per heavy atom. The van der Waals surface area contributed by atoms with Crippen molar-refractivity contribution < 1.29 is 4.79 Å². The van der Waals surface area contributed by atoms with E-state index in [4.69, 9.17) is 0 Å². The number of hydrogen-bond acceptors (Lipinski definition) is 3. The summed E-state index contributed by atoms with van der Waals surface area (Å²) in [7, 11) is 1.98. The zero-order valence-corrected chi connectivity index (χ0v) is 15.0. The molecule has 0 saturated heterocycles. The molecule has 2 aromatic carbocycles. The summed E-state index contributed by atoms with van der Waals surface area (Å²) in [4.78, 5) is 15.6. The molecule has 4 heteroatoms. The highest BCUT2D eigenvalue weighted by molar-refractivity contribution is 7.98. The van der Waals surface area contributed by atoms with Crippen molar-refractivity contribution in [3.63, 3.8) is 0 Å². The van der Waals surface area contributed by atoms with Crippen LogP contribution in [0.5, 0.6) is 0 Å². The van der Waals surface area contributed by atoms with Crippen molar-refractivity contribution in [3.8, 4) is 0 Å². The lowest BCUT2D eigenvalue weighted by Gasteiger charge is -2.24. The van der Waals surface area contributed by atoms with Crippen LogP contribution in [0.2, 0.25) is 0 Å². The number of likely N-dealkylation sites (N-methyl/N-ethyl adjacent to an activating group) is 1. The first kappa shape index (κ1) is 17.6. The molecule has 0 bridgehead atoms. The number of nitrogens with one attached hydrogen (secondary N) is 1. The molecule has 0 aliphatic heterocycles. The normalized spacial score (nSPS) is 12.2. The second-order valence-electron chi connectivity index (χ2n) is 5.77. The van der Waals surface area contributed by atoms with Gasteiger partial charge in [-0.15, -0.1) is 11.8 Å². The minimum atomic E-state index is -0.203. The summed E-state index contributed by atoms with van der Waals surface area (Å²) in [6.07, 6.45) is 2.01. The molecule has 0 heterocycles. The SMILES string of the molecule is CSc1ccccc1NC(=O)[C@@H](C)N(C)Cc1ccc(C)cc1. The molecule has 0 saturated carbocycles. The molecule has 1 N–H and O–H groups in total. The van der Waals surface area contributed by atoms with Gasteiger partial charge in [0.15, 0.2) is 0 Å². The third-order valence-corrected chi connectivity index (χ3v) is 4.75. The van der Waals surface area contributed by atoms with Crippen LogP contribution >= 0.6 is 11.8 Å². The Kier molecular flexibility index (Phi) is 6.25. The Morgan fingerprint density at radius 3 is 2.48 bits per heavy atom. The molecule has 0 aliphatic rings. The molecule has 0 aliphatic carbocycles. The lowest BCUT2D eigenvalue weighted by Crippen LogP contribution is -2.39. The summed E-state index contributed by atoms with van der Waals surface area (Å²) < 4.78 is 0. The monoisotopic (exact) mass is 328 g/mol. The van der Waals surface area contributed by atoms with Crippen LogP contribution in [-0.2, 0) is 11.3 Å². The number of aryl methyl sites for hydroxylation is 1. The fourth-order valence-electron chi connectivity index (χ4n) is 2.30. The van der Waals surface area contributed by atoms with Crippen LogP contribution in [0, 0.1) is 6.92 Å². The molecule has 0 fully saturated rings. The van der Waals surface area contributed by atoms with Crippen molar-refractivity contribution in [1.29, 1.82) is 0 Å². The fraction of sp³-hybridized carbons (Fsp3) is 0.316. The first-order valence-corrected chi connectivity index (χ1v) is 8.93. The summed E-state index contributed by atoms with van der Waals surface area (Å²) in [5.41, 5.74) is 3.33. The van der Waals surface area contributed by atoms with Crippen molar-refractivity contribution in [2.75, 3.05) is 18.6 Å². The van der Waals surface area contributed by atoms with Crippen molar-refractivity contribution in [2.24, 2.45) is 0 Å². The first-order valence-electron chi connectivity index (χ1n) is 7.71. The molecule has 122 valence electrons. The number of carbonyl (C=O) groups is 1. The Morgan fingerprint density at radius 2 is 1.83 bits per heavy atom. The zero-order chi connectivity index (χ0) is 16.8. The number of hydrogen-bond donors (Lipinski definition) is 1. The van der Waals surface area contributed by atoms with E-state index in [1.807, 2.05) is 44.5 Å². The topological polar surface area (TPSA) is 32.3 Å². The number of anilines is 1.